The van der Waals surface area contributed by atoms with E-state index in [0.717, 1.165) is 12.8 Å². The van der Waals surface area contributed by atoms with E-state index in [2.05, 4.69) is 108 Å². The number of halogens is 1. The third-order valence-corrected chi connectivity index (χ3v) is 10.2. The number of hydrogen-bond acceptors (Lipinski definition) is 0. The van der Waals surface area contributed by atoms with Crippen LogP contribution in [0.25, 0.3) is 0 Å². The van der Waals surface area contributed by atoms with Gasteiger partial charge in [-0.1, -0.05) is 84.3 Å². The lowest BCUT2D eigenvalue weighted by Crippen LogP contribution is -2.40. The van der Waals surface area contributed by atoms with Crippen molar-refractivity contribution in [1.29, 1.82) is 0 Å². The second-order valence-corrected chi connectivity index (χ2v) is 13.6. The minimum atomic E-state index is -0.472. The molecule has 0 saturated heterocycles. The summed E-state index contributed by atoms with van der Waals surface area (Å²) in [5.41, 5.74) is 8.70. The summed E-state index contributed by atoms with van der Waals surface area (Å²) >= 11 is 3.72. The SMILES string of the molecule is CC1=CC(C)(P(c2c(C)cc(Br)cc2C)C2(C)C=C(C)C=C(C)C2)CC(C)=C1. The van der Waals surface area contributed by atoms with E-state index in [-0.39, 0.29) is 10.3 Å². The van der Waals surface area contributed by atoms with Gasteiger partial charge in [-0.15, -0.1) is 0 Å². The standard InChI is InChI=1S/C26H34BrP/c1-17-9-18(2)14-25(7,13-17)28(24-21(5)11-23(27)12-22(24)6)26(8)15-19(3)10-20(4)16-26/h9-13,15H,14,16H2,1-8H3. The van der Waals surface area contributed by atoms with E-state index in [1.54, 1.807) is 5.30 Å². The van der Waals surface area contributed by atoms with Gasteiger partial charge in [0.2, 0.25) is 0 Å². The number of aryl methyl sites for hydroxylation is 2. The second kappa shape index (κ2) is 7.73. The molecule has 0 aromatic heterocycles. The highest BCUT2D eigenvalue weighted by Crippen LogP contribution is 2.66. The molecule has 0 saturated carbocycles. The van der Waals surface area contributed by atoms with Gasteiger partial charge < -0.3 is 0 Å². The molecule has 0 nitrogen and oxygen atoms in total. The van der Waals surface area contributed by atoms with Crippen LogP contribution >= 0.6 is 23.9 Å². The summed E-state index contributed by atoms with van der Waals surface area (Å²) in [6, 6.07) is 4.63. The number of allylic oxidation sites excluding steroid dienone is 8. The van der Waals surface area contributed by atoms with Crippen molar-refractivity contribution in [2.24, 2.45) is 0 Å². The van der Waals surface area contributed by atoms with Crippen LogP contribution < -0.4 is 5.30 Å². The van der Waals surface area contributed by atoms with Crippen LogP contribution in [0.1, 0.15) is 65.5 Å². The van der Waals surface area contributed by atoms with Crippen molar-refractivity contribution in [1.82, 2.24) is 0 Å². The monoisotopic (exact) mass is 456 g/mol. The molecule has 0 fully saturated rings. The molecular weight excluding hydrogens is 423 g/mol. The van der Waals surface area contributed by atoms with Crippen LogP contribution in [0.4, 0.5) is 0 Å². The quantitative estimate of drug-likeness (QED) is 0.401. The molecule has 0 N–H and O–H groups in total. The Kier molecular flexibility index (Phi) is 6.02. The number of benzene rings is 1. The van der Waals surface area contributed by atoms with Crippen molar-refractivity contribution in [3.05, 3.63) is 74.3 Å². The maximum absolute atomic E-state index is 3.72. The Morgan fingerprint density at radius 2 is 1.14 bits per heavy atom. The van der Waals surface area contributed by atoms with Gasteiger partial charge in [-0.05, 0) is 82.9 Å². The molecule has 2 aliphatic carbocycles. The molecule has 0 spiro atoms. The van der Waals surface area contributed by atoms with Gasteiger partial charge in [-0.2, -0.15) is 0 Å². The fraction of sp³-hybridized carbons (Fsp3) is 0.462. The highest BCUT2D eigenvalue weighted by Gasteiger charge is 2.47. The molecule has 150 valence electrons. The predicted molar refractivity (Wildman–Crippen MR) is 131 cm³/mol. The summed E-state index contributed by atoms with van der Waals surface area (Å²) in [5.74, 6) is 0. The lowest BCUT2D eigenvalue weighted by molar-refractivity contribution is 0.682. The van der Waals surface area contributed by atoms with Gasteiger partial charge in [0.05, 0.1) is 0 Å². The number of rotatable bonds is 3. The third-order valence-electron chi connectivity index (χ3n) is 6.00. The largest absolute Gasteiger partial charge is 0.0719 e. The molecule has 0 radical (unpaired) electrons. The zero-order valence-electron chi connectivity index (χ0n) is 18.7. The highest BCUT2D eigenvalue weighted by atomic mass is 79.9. The van der Waals surface area contributed by atoms with Crippen LogP contribution in [0.5, 0.6) is 0 Å². The Balaban J connectivity index is 2.28. The molecule has 2 aliphatic rings. The summed E-state index contributed by atoms with van der Waals surface area (Å²) in [4.78, 5) is 0. The maximum atomic E-state index is 3.72. The normalized spacial score (nSPS) is 28.9. The first kappa shape index (κ1) is 21.8. The van der Waals surface area contributed by atoms with Crippen LogP contribution in [-0.2, 0) is 0 Å². The molecule has 1 aromatic carbocycles. The van der Waals surface area contributed by atoms with Crippen LogP contribution in [0, 0.1) is 13.8 Å². The van der Waals surface area contributed by atoms with Gasteiger partial charge in [0.1, 0.15) is 0 Å². The van der Waals surface area contributed by atoms with Crippen LogP contribution in [0.2, 0.25) is 0 Å². The Hall–Kier alpha value is -0.910. The van der Waals surface area contributed by atoms with Gasteiger partial charge >= 0.3 is 0 Å². The molecule has 2 heteroatoms. The van der Waals surface area contributed by atoms with E-state index in [4.69, 9.17) is 0 Å². The van der Waals surface area contributed by atoms with Crippen molar-refractivity contribution in [3.8, 4) is 0 Å². The average Bonchev–Trinajstić information content (AvgIpc) is 2.47. The molecule has 2 atom stereocenters. The van der Waals surface area contributed by atoms with Crippen LogP contribution in [0.15, 0.2) is 63.2 Å². The van der Waals surface area contributed by atoms with E-state index in [1.165, 1.54) is 37.9 Å². The van der Waals surface area contributed by atoms with Crippen molar-refractivity contribution >= 4 is 29.2 Å². The highest BCUT2D eigenvalue weighted by molar-refractivity contribution is 9.10. The Bertz CT molecular complexity index is 859. The molecule has 0 aliphatic heterocycles. The topological polar surface area (TPSA) is 0 Å². The fourth-order valence-electron chi connectivity index (χ4n) is 5.81. The summed E-state index contributed by atoms with van der Waals surface area (Å²) < 4.78 is 1.19. The van der Waals surface area contributed by atoms with Gasteiger partial charge in [0.25, 0.3) is 0 Å². The Morgan fingerprint density at radius 1 is 0.750 bits per heavy atom. The zero-order chi connectivity index (χ0) is 20.9. The Morgan fingerprint density at radius 3 is 1.50 bits per heavy atom. The summed E-state index contributed by atoms with van der Waals surface area (Å²) in [7, 11) is -0.472. The smallest absolute Gasteiger partial charge is 0.0180 e. The van der Waals surface area contributed by atoms with Crippen LogP contribution in [0.3, 0.4) is 0 Å². The predicted octanol–water partition coefficient (Wildman–Crippen LogP) is 8.28. The van der Waals surface area contributed by atoms with Gasteiger partial charge in [0.15, 0.2) is 0 Å². The number of hydrogen-bond donors (Lipinski definition) is 0. The van der Waals surface area contributed by atoms with Gasteiger partial charge in [0, 0.05) is 14.8 Å². The van der Waals surface area contributed by atoms with E-state index in [0.29, 0.717) is 0 Å². The molecule has 0 heterocycles. The van der Waals surface area contributed by atoms with Crippen molar-refractivity contribution in [3.63, 3.8) is 0 Å². The molecule has 28 heavy (non-hydrogen) atoms. The maximum Gasteiger partial charge on any atom is 0.0180 e. The summed E-state index contributed by atoms with van der Waals surface area (Å²) in [5, 5.41) is 1.91. The van der Waals surface area contributed by atoms with Crippen LogP contribution in [-0.4, -0.2) is 10.3 Å². The first-order valence-electron chi connectivity index (χ1n) is 10.2. The molecule has 0 bridgehead atoms. The third kappa shape index (κ3) is 4.17. The van der Waals surface area contributed by atoms with E-state index in [1.807, 2.05) is 0 Å². The summed E-state index contributed by atoms with van der Waals surface area (Å²) in [6.07, 6.45) is 12.2. The lowest BCUT2D eigenvalue weighted by atomic mass is 9.91. The van der Waals surface area contributed by atoms with E-state index in [9.17, 15) is 0 Å². The van der Waals surface area contributed by atoms with Crippen molar-refractivity contribution in [2.75, 3.05) is 0 Å². The minimum Gasteiger partial charge on any atom is -0.0719 e. The molecule has 0 amide bonds. The second-order valence-electron chi connectivity index (χ2n) is 9.55. The van der Waals surface area contributed by atoms with Gasteiger partial charge in [-0.25, -0.2) is 0 Å². The first-order chi connectivity index (χ1) is 12.9. The lowest BCUT2D eigenvalue weighted by Gasteiger charge is -2.50. The summed E-state index contributed by atoms with van der Waals surface area (Å²) in [6.45, 7) is 18.8. The van der Waals surface area contributed by atoms with Crippen molar-refractivity contribution < 1.29 is 0 Å². The van der Waals surface area contributed by atoms with Gasteiger partial charge in [-0.3, -0.25) is 0 Å². The molecular formula is C26H34BrP. The average molecular weight is 457 g/mol. The van der Waals surface area contributed by atoms with Crippen molar-refractivity contribution in [2.45, 2.75) is 78.5 Å². The first-order valence-corrected chi connectivity index (χ1v) is 12.4. The Labute approximate surface area is 181 Å². The molecule has 1 aromatic rings. The minimum absolute atomic E-state index is 0.157. The molecule has 3 rings (SSSR count). The fourth-order valence-corrected chi connectivity index (χ4v) is 11.0. The zero-order valence-corrected chi connectivity index (χ0v) is 21.2. The van der Waals surface area contributed by atoms with E-state index >= 15 is 0 Å². The molecule has 2 unspecified atom stereocenters. The van der Waals surface area contributed by atoms with E-state index < -0.39 is 7.92 Å².